The molecule has 0 aliphatic carbocycles. The van der Waals surface area contributed by atoms with E-state index in [1.54, 1.807) is 0 Å². The smallest absolute Gasteiger partial charge is 0.297 e. The zero-order chi connectivity index (χ0) is 24.9. The Bertz CT molecular complexity index is 1030. The van der Waals surface area contributed by atoms with Crippen LogP contribution in [0.15, 0.2) is 46.3 Å². The molecule has 1 aromatic carbocycles. The van der Waals surface area contributed by atoms with Crippen LogP contribution in [-0.4, -0.2) is 17.8 Å². The molecule has 0 atom stereocenters. The Morgan fingerprint density at radius 3 is 2.44 bits per heavy atom. The Balaban J connectivity index is 2.41. The second-order valence-corrected chi connectivity index (χ2v) is 9.34. The van der Waals surface area contributed by atoms with Gasteiger partial charge in [-0.2, -0.15) is 0 Å². The van der Waals surface area contributed by atoms with Gasteiger partial charge < -0.3 is 19.8 Å². The van der Waals surface area contributed by atoms with Crippen LogP contribution in [0.4, 0.5) is 5.69 Å². The number of benzene rings is 1. The molecule has 0 radical (unpaired) electrons. The van der Waals surface area contributed by atoms with Crippen molar-refractivity contribution in [3.63, 3.8) is 0 Å². The zero-order valence-electron chi connectivity index (χ0n) is 21.9. The van der Waals surface area contributed by atoms with E-state index >= 15 is 0 Å². The van der Waals surface area contributed by atoms with Gasteiger partial charge in [-0.3, -0.25) is 4.79 Å². The van der Waals surface area contributed by atoms with Gasteiger partial charge in [0.15, 0.2) is 5.75 Å². The molecule has 5 nitrogen and oxygen atoms in total. The number of nitrogens with zero attached hydrogens (tertiary/aromatic N) is 1. The van der Waals surface area contributed by atoms with E-state index in [1.165, 1.54) is 11.1 Å². The molecule has 188 valence electrons. The molecular formula is C29H44N2O3. The summed E-state index contributed by atoms with van der Waals surface area (Å²) < 4.78 is 14.1. The highest BCUT2D eigenvalue weighted by Crippen LogP contribution is 2.34. The second-order valence-electron chi connectivity index (χ2n) is 9.34. The standard InChI is InChI=1S/C29H44N2O3/c1-6-8-10-11-18-31-26-21-24(30)15-16-25(26)27(33-19-9-7-2)28(29(31)32)34-20-17-23(5)14-12-13-22(3)4/h13,15-17,21H,6-12,14,18-20,30H2,1-5H3/b23-17+. The number of aryl methyl sites for hydroxylation is 1. The number of anilines is 1. The lowest BCUT2D eigenvalue weighted by atomic mass is 10.1. The predicted octanol–water partition coefficient (Wildman–Crippen LogP) is 7.41. The van der Waals surface area contributed by atoms with E-state index in [4.69, 9.17) is 15.2 Å². The van der Waals surface area contributed by atoms with E-state index in [1.807, 2.05) is 22.8 Å². The van der Waals surface area contributed by atoms with Gasteiger partial charge in [-0.15, -0.1) is 0 Å². The molecule has 2 N–H and O–H groups in total. The number of nitrogens with two attached hydrogens (primary N) is 1. The minimum absolute atomic E-state index is 0.142. The quantitative estimate of drug-likeness (QED) is 0.168. The number of nitrogen functional groups attached to an aromatic ring is 1. The van der Waals surface area contributed by atoms with Gasteiger partial charge >= 0.3 is 0 Å². The number of rotatable bonds is 15. The van der Waals surface area contributed by atoms with Crippen LogP contribution < -0.4 is 20.8 Å². The minimum Gasteiger partial charge on any atom is -0.489 e. The van der Waals surface area contributed by atoms with Gasteiger partial charge in [0.2, 0.25) is 5.75 Å². The molecule has 0 saturated heterocycles. The lowest BCUT2D eigenvalue weighted by molar-refractivity contribution is 0.278. The summed E-state index contributed by atoms with van der Waals surface area (Å²) in [5, 5.41) is 0.875. The van der Waals surface area contributed by atoms with Crippen molar-refractivity contribution in [1.82, 2.24) is 4.57 Å². The monoisotopic (exact) mass is 468 g/mol. The highest BCUT2D eigenvalue weighted by Gasteiger charge is 2.20. The van der Waals surface area contributed by atoms with Gasteiger partial charge in [0.25, 0.3) is 5.56 Å². The molecule has 0 unspecified atom stereocenters. The maximum atomic E-state index is 13.6. The van der Waals surface area contributed by atoms with Crippen LogP contribution in [-0.2, 0) is 6.54 Å². The van der Waals surface area contributed by atoms with E-state index < -0.39 is 0 Å². The van der Waals surface area contributed by atoms with E-state index in [0.29, 0.717) is 36.9 Å². The molecule has 0 fully saturated rings. The van der Waals surface area contributed by atoms with Crippen LogP contribution >= 0.6 is 0 Å². The maximum Gasteiger partial charge on any atom is 0.297 e. The topological polar surface area (TPSA) is 66.5 Å². The Kier molecular flexibility index (Phi) is 11.8. The van der Waals surface area contributed by atoms with Gasteiger partial charge in [0.1, 0.15) is 6.61 Å². The normalized spacial score (nSPS) is 11.6. The van der Waals surface area contributed by atoms with Crippen molar-refractivity contribution in [2.75, 3.05) is 18.9 Å². The van der Waals surface area contributed by atoms with Crippen LogP contribution in [0.2, 0.25) is 0 Å². The summed E-state index contributed by atoms with van der Waals surface area (Å²) in [6.07, 6.45) is 12.6. The lowest BCUT2D eigenvalue weighted by Gasteiger charge is -2.19. The summed E-state index contributed by atoms with van der Waals surface area (Å²) in [5.41, 5.74) is 9.99. The molecule has 34 heavy (non-hydrogen) atoms. The van der Waals surface area contributed by atoms with Crippen LogP contribution in [0.1, 0.15) is 86.0 Å². The van der Waals surface area contributed by atoms with Crippen molar-refractivity contribution in [3.8, 4) is 11.5 Å². The first-order valence-corrected chi connectivity index (χ1v) is 12.9. The van der Waals surface area contributed by atoms with Crippen molar-refractivity contribution in [1.29, 1.82) is 0 Å². The van der Waals surface area contributed by atoms with Gasteiger partial charge in [-0.1, -0.05) is 56.8 Å². The Morgan fingerprint density at radius 2 is 1.74 bits per heavy atom. The van der Waals surface area contributed by atoms with Crippen molar-refractivity contribution in [3.05, 3.63) is 51.9 Å². The molecule has 0 saturated carbocycles. The Morgan fingerprint density at radius 1 is 0.971 bits per heavy atom. The van der Waals surface area contributed by atoms with Gasteiger partial charge in [-0.25, -0.2) is 0 Å². The van der Waals surface area contributed by atoms with Crippen LogP contribution in [0.3, 0.4) is 0 Å². The molecule has 1 heterocycles. The lowest BCUT2D eigenvalue weighted by Crippen LogP contribution is -2.24. The number of ether oxygens (including phenoxy) is 2. The third kappa shape index (κ3) is 8.27. The molecule has 2 rings (SSSR count). The molecular weight excluding hydrogens is 424 g/mol. The third-order valence-electron chi connectivity index (χ3n) is 5.93. The number of unbranched alkanes of at least 4 members (excludes halogenated alkanes) is 4. The van der Waals surface area contributed by atoms with Crippen molar-refractivity contribution < 1.29 is 9.47 Å². The van der Waals surface area contributed by atoms with E-state index in [9.17, 15) is 4.79 Å². The zero-order valence-corrected chi connectivity index (χ0v) is 21.9. The SMILES string of the molecule is CCCCCCn1c(=O)c(OC/C=C(\C)CCC=C(C)C)c(OCCCC)c2ccc(N)cc21. The summed E-state index contributed by atoms with van der Waals surface area (Å²) in [7, 11) is 0. The first kappa shape index (κ1) is 27.6. The van der Waals surface area contributed by atoms with E-state index in [0.717, 1.165) is 62.3 Å². The maximum absolute atomic E-state index is 13.6. The molecule has 0 bridgehead atoms. The molecule has 0 aliphatic rings. The minimum atomic E-state index is -0.142. The van der Waals surface area contributed by atoms with E-state index in [-0.39, 0.29) is 5.56 Å². The summed E-state index contributed by atoms with van der Waals surface area (Å²) in [5.74, 6) is 0.839. The Labute approximate surface area is 205 Å². The largest absolute Gasteiger partial charge is 0.489 e. The number of hydrogen-bond donors (Lipinski definition) is 1. The van der Waals surface area contributed by atoms with Crippen molar-refractivity contribution in [2.24, 2.45) is 0 Å². The third-order valence-corrected chi connectivity index (χ3v) is 5.93. The van der Waals surface area contributed by atoms with E-state index in [2.05, 4.69) is 46.8 Å². The molecule has 1 aromatic heterocycles. The number of aromatic nitrogens is 1. The summed E-state index contributed by atoms with van der Waals surface area (Å²) in [6.45, 7) is 12.2. The molecule has 0 aliphatic heterocycles. The van der Waals surface area contributed by atoms with Gasteiger partial charge in [0, 0.05) is 17.6 Å². The van der Waals surface area contributed by atoms with Crippen LogP contribution in [0, 0.1) is 0 Å². The van der Waals surface area contributed by atoms with Gasteiger partial charge in [0.05, 0.1) is 12.1 Å². The fourth-order valence-electron chi connectivity index (χ4n) is 3.88. The van der Waals surface area contributed by atoms with Gasteiger partial charge in [-0.05, 0) is 70.7 Å². The summed E-state index contributed by atoms with van der Waals surface area (Å²) >= 11 is 0. The molecule has 5 heteroatoms. The number of pyridine rings is 1. The Hall–Kier alpha value is -2.69. The van der Waals surface area contributed by atoms with Crippen LogP contribution in [0.25, 0.3) is 10.9 Å². The second kappa shape index (κ2) is 14.5. The number of allylic oxidation sites excluding steroid dienone is 3. The molecule has 2 aromatic rings. The highest BCUT2D eigenvalue weighted by atomic mass is 16.5. The molecule has 0 spiro atoms. The number of fused-ring (bicyclic) bond motifs is 1. The van der Waals surface area contributed by atoms with Crippen molar-refractivity contribution in [2.45, 2.75) is 92.5 Å². The van der Waals surface area contributed by atoms with Crippen LogP contribution in [0.5, 0.6) is 11.5 Å². The average Bonchev–Trinajstić information content (AvgIpc) is 2.79. The fourth-order valence-corrected chi connectivity index (χ4v) is 3.88. The first-order valence-electron chi connectivity index (χ1n) is 12.9. The summed E-state index contributed by atoms with van der Waals surface area (Å²) in [6, 6.07) is 5.68. The van der Waals surface area contributed by atoms with Crippen molar-refractivity contribution >= 4 is 16.6 Å². The average molecular weight is 469 g/mol. The highest BCUT2D eigenvalue weighted by molar-refractivity contribution is 5.90. The summed E-state index contributed by atoms with van der Waals surface area (Å²) in [4.78, 5) is 13.6. The fraction of sp³-hybridized carbons (Fsp3) is 0.552. The first-order chi connectivity index (χ1) is 16.4. The molecule has 0 amide bonds. The number of hydrogen-bond acceptors (Lipinski definition) is 4. The predicted molar refractivity (Wildman–Crippen MR) is 145 cm³/mol.